The molecule has 1 aliphatic carbocycles. The Balaban J connectivity index is 1.45. The molecule has 0 spiro atoms. The zero-order valence-corrected chi connectivity index (χ0v) is 18.4. The molecule has 1 aromatic carbocycles. The van der Waals surface area contributed by atoms with Gasteiger partial charge in [-0.15, -0.1) is 0 Å². The van der Waals surface area contributed by atoms with Gasteiger partial charge >= 0.3 is 10.2 Å². The van der Waals surface area contributed by atoms with Crippen LogP contribution in [0.1, 0.15) is 12.8 Å². The normalized spacial score (nSPS) is 23.4. The highest BCUT2D eigenvalue weighted by atomic mass is 32.3. The van der Waals surface area contributed by atoms with Gasteiger partial charge in [0.25, 0.3) is 0 Å². The molecule has 1 aromatic heterocycles. The third-order valence-electron chi connectivity index (χ3n) is 6.05. The van der Waals surface area contributed by atoms with Gasteiger partial charge in [-0.3, -0.25) is 9.11 Å². The molecule has 2 aliphatic heterocycles. The van der Waals surface area contributed by atoms with Gasteiger partial charge in [-0.2, -0.15) is 19.0 Å². The Morgan fingerprint density at radius 2 is 1.83 bits per heavy atom. The molecule has 0 radical (unpaired) electrons. The second kappa shape index (κ2) is 7.01. The number of pyridine rings is 1. The molecule has 5 rings (SSSR count). The van der Waals surface area contributed by atoms with E-state index in [2.05, 4.69) is 4.90 Å². The lowest BCUT2D eigenvalue weighted by Crippen LogP contribution is -2.38. The maximum atomic E-state index is 12.8. The highest BCUT2D eigenvalue weighted by molar-refractivity contribution is 8.24. The van der Waals surface area contributed by atoms with Crippen molar-refractivity contribution >= 4 is 38.0 Å². The van der Waals surface area contributed by atoms with Gasteiger partial charge in [-0.05, 0) is 43.0 Å². The van der Waals surface area contributed by atoms with Gasteiger partial charge in [0, 0.05) is 37.9 Å². The number of nitrogens with zero attached hydrogens (tertiary/aromatic N) is 4. The van der Waals surface area contributed by atoms with Crippen LogP contribution in [0.25, 0.3) is 11.3 Å². The standard InChI is InChI=1S/C20H26N4O4S2/c1-22-20-19(24(30(22,27)28)14-15-5-6-15)8-7-18(21-20)16-3-2-4-17(13-16)23-9-11-29(25,26)12-10-23/h2-4,7-8,13,15,25-26H,5-6,9-12,14H2,1H3. The van der Waals surface area contributed by atoms with Gasteiger partial charge < -0.3 is 4.90 Å². The zero-order valence-electron chi connectivity index (χ0n) is 16.8. The number of anilines is 3. The first-order valence-corrected chi connectivity index (χ1v) is 13.4. The molecule has 30 heavy (non-hydrogen) atoms. The monoisotopic (exact) mass is 450 g/mol. The first-order valence-electron chi connectivity index (χ1n) is 10.1. The Kier molecular flexibility index (Phi) is 4.66. The van der Waals surface area contributed by atoms with Crippen LogP contribution in [0.5, 0.6) is 0 Å². The molecule has 10 heteroatoms. The van der Waals surface area contributed by atoms with E-state index in [0.29, 0.717) is 54.3 Å². The van der Waals surface area contributed by atoms with E-state index in [9.17, 15) is 17.5 Å². The summed E-state index contributed by atoms with van der Waals surface area (Å²) in [5, 5.41) is 0. The van der Waals surface area contributed by atoms with Crippen molar-refractivity contribution in [3.8, 4) is 11.3 Å². The van der Waals surface area contributed by atoms with E-state index in [1.807, 2.05) is 36.4 Å². The van der Waals surface area contributed by atoms with Gasteiger partial charge in [0.2, 0.25) is 0 Å². The van der Waals surface area contributed by atoms with Gasteiger partial charge in [0.05, 0.1) is 22.9 Å². The molecule has 2 aromatic rings. The minimum Gasteiger partial charge on any atom is -0.368 e. The molecule has 162 valence electrons. The van der Waals surface area contributed by atoms with E-state index < -0.39 is 20.8 Å². The fourth-order valence-electron chi connectivity index (χ4n) is 3.98. The van der Waals surface area contributed by atoms with E-state index >= 15 is 0 Å². The Bertz CT molecular complexity index is 1080. The number of fused-ring (bicyclic) bond motifs is 1. The summed E-state index contributed by atoms with van der Waals surface area (Å²) in [7, 11) is -4.45. The summed E-state index contributed by atoms with van der Waals surface area (Å²) in [6.07, 6.45) is 2.16. The topological polar surface area (TPSA) is 97.2 Å². The van der Waals surface area contributed by atoms with Crippen LogP contribution in [0.4, 0.5) is 17.2 Å². The van der Waals surface area contributed by atoms with E-state index in [0.717, 1.165) is 24.1 Å². The smallest absolute Gasteiger partial charge is 0.327 e. The van der Waals surface area contributed by atoms with Crippen molar-refractivity contribution in [2.24, 2.45) is 5.92 Å². The summed E-state index contributed by atoms with van der Waals surface area (Å²) in [5.74, 6) is 1.67. The van der Waals surface area contributed by atoms with Gasteiger partial charge in [0.15, 0.2) is 5.82 Å². The van der Waals surface area contributed by atoms with Crippen molar-refractivity contribution in [2.75, 3.05) is 51.7 Å². The Morgan fingerprint density at radius 3 is 2.53 bits per heavy atom. The Morgan fingerprint density at radius 1 is 1.10 bits per heavy atom. The quantitative estimate of drug-likeness (QED) is 0.742. The minimum absolute atomic E-state index is 0.383. The predicted octanol–water partition coefficient (Wildman–Crippen LogP) is 3.23. The first-order chi connectivity index (χ1) is 14.2. The van der Waals surface area contributed by atoms with Crippen molar-refractivity contribution in [1.82, 2.24) is 4.98 Å². The number of hydrogen-bond acceptors (Lipinski definition) is 6. The maximum absolute atomic E-state index is 12.8. The summed E-state index contributed by atoms with van der Waals surface area (Å²) in [6, 6.07) is 11.7. The molecule has 3 heterocycles. The minimum atomic E-state index is -3.56. The van der Waals surface area contributed by atoms with E-state index in [-0.39, 0.29) is 0 Å². The molecular formula is C20H26N4O4S2. The van der Waals surface area contributed by atoms with Crippen molar-refractivity contribution in [3.63, 3.8) is 0 Å². The molecule has 0 atom stereocenters. The van der Waals surface area contributed by atoms with Crippen LogP contribution in [-0.2, 0) is 10.2 Å². The third kappa shape index (κ3) is 3.51. The molecule has 2 fully saturated rings. The van der Waals surface area contributed by atoms with E-state index in [1.54, 1.807) is 7.05 Å². The van der Waals surface area contributed by atoms with Crippen LogP contribution in [0, 0.1) is 5.92 Å². The molecule has 3 aliphatic rings. The van der Waals surface area contributed by atoms with Crippen LogP contribution < -0.4 is 13.5 Å². The van der Waals surface area contributed by atoms with Crippen molar-refractivity contribution in [1.29, 1.82) is 0 Å². The summed E-state index contributed by atoms with van der Waals surface area (Å²) < 4.78 is 48.1. The number of rotatable bonds is 4. The van der Waals surface area contributed by atoms with Crippen molar-refractivity contribution < 1.29 is 17.5 Å². The van der Waals surface area contributed by atoms with Gasteiger partial charge in [-0.1, -0.05) is 12.1 Å². The molecule has 0 unspecified atom stereocenters. The van der Waals surface area contributed by atoms with Crippen LogP contribution in [0.3, 0.4) is 0 Å². The van der Waals surface area contributed by atoms with Crippen LogP contribution in [0.2, 0.25) is 0 Å². The number of benzene rings is 1. The van der Waals surface area contributed by atoms with E-state index in [4.69, 9.17) is 4.98 Å². The SMILES string of the molecule is CN1c2nc(-c3cccc(N4CCS(O)(O)CC4)c3)ccc2N(CC2CC2)S1(=O)=O. The predicted molar refractivity (Wildman–Crippen MR) is 122 cm³/mol. The third-order valence-corrected chi connectivity index (χ3v) is 9.49. The summed E-state index contributed by atoms with van der Waals surface area (Å²) in [5.41, 5.74) is 3.26. The largest absolute Gasteiger partial charge is 0.368 e. The van der Waals surface area contributed by atoms with Gasteiger partial charge in [-0.25, -0.2) is 13.6 Å². The number of aromatic nitrogens is 1. The molecule has 8 nitrogen and oxygen atoms in total. The summed E-state index contributed by atoms with van der Waals surface area (Å²) in [4.78, 5) is 6.84. The second-order valence-corrected chi connectivity index (χ2v) is 12.5. The first kappa shape index (κ1) is 19.9. The van der Waals surface area contributed by atoms with Gasteiger partial charge in [0.1, 0.15) is 0 Å². The summed E-state index contributed by atoms with van der Waals surface area (Å²) >= 11 is 0. The maximum Gasteiger partial charge on any atom is 0.327 e. The lowest BCUT2D eigenvalue weighted by atomic mass is 10.1. The average Bonchev–Trinajstić information content (AvgIpc) is 3.52. The molecule has 1 saturated carbocycles. The summed E-state index contributed by atoms with van der Waals surface area (Å²) in [6.45, 7) is 1.71. The Labute approximate surface area is 178 Å². The molecule has 0 amide bonds. The molecule has 1 saturated heterocycles. The van der Waals surface area contributed by atoms with Crippen LogP contribution in [-0.4, -0.2) is 60.7 Å². The zero-order chi connectivity index (χ0) is 21.1. The highest BCUT2D eigenvalue weighted by Gasteiger charge is 2.42. The molecule has 0 bridgehead atoms. The second-order valence-electron chi connectivity index (χ2n) is 8.24. The lowest BCUT2D eigenvalue weighted by Gasteiger charge is -2.42. The fraction of sp³-hybridized carbons (Fsp3) is 0.450. The fourth-order valence-corrected chi connectivity index (χ4v) is 6.65. The van der Waals surface area contributed by atoms with Crippen molar-refractivity contribution in [2.45, 2.75) is 12.8 Å². The van der Waals surface area contributed by atoms with E-state index in [1.165, 1.54) is 8.61 Å². The number of hydrogen-bond donors (Lipinski definition) is 2. The molecular weight excluding hydrogens is 424 g/mol. The van der Waals surface area contributed by atoms with Crippen LogP contribution >= 0.6 is 10.6 Å². The average molecular weight is 451 g/mol. The van der Waals surface area contributed by atoms with Crippen molar-refractivity contribution in [3.05, 3.63) is 36.4 Å². The highest BCUT2D eigenvalue weighted by Crippen LogP contribution is 2.44. The molecule has 2 N–H and O–H groups in total. The Hall–Kier alpha value is -2.01. The lowest BCUT2D eigenvalue weighted by molar-refractivity contribution is 0.479. The van der Waals surface area contributed by atoms with Crippen LogP contribution in [0.15, 0.2) is 36.4 Å².